The predicted octanol–water partition coefficient (Wildman–Crippen LogP) is 6.35. The Morgan fingerprint density at radius 3 is 2.30 bits per heavy atom. The number of rotatable bonds is 7. The van der Waals surface area contributed by atoms with Crippen LogP contribution in [0.15, 0.2) is 78.9 Å². The number of benzene rings is 3. The van der Waals surface area contributed by atoms with Crippen LogP contribution < -0.4 is 10.1 Å². The van der Waals surface area contributed by atoms with Crippen molar-refractivity contribution in [2.24, 2.45) is 0 Å². The van der Waals surface area contributed by atoms with E-state index in [1.807, 2.05) is 72.8 Å². The molecule has 0 heterocycles. The molecule has 1 N–H and O–H groups in total. The Balaban J connectivity index is 1.42. The molecule has 3 aromatic rings. The average Bonchev–Trinajstić information content (AvgIpc) is 2.83. The molecule has 1 aliphatic rings. The van der Waals surface area contributed by atoms with E-state index in [4.69, 9.17) is 16.3 Å². The van der Waals surface area contributed by atoms with E-state index in [0.717, 1.165) is 37.1 Å². The van der Waals surface area contributed by atoms with Crippen LogP contribution in [0.5, 0.6) is 11.5 Å². The van der Waals surface area contributed by atoms with Crippen LogP contribution in [0.3, 0.4) is 0 Å². The Hall–Kier alpha value is -2.82. The van der Waals surface area contributed by atoms with Gasteiger partial charge in [0.25, 0.3) is 5.91 Å². The Morgan fingerprint density at radius 1 is 0.970 bits per heavy atom. The number of carbonyl (C=O) groups excluding carboxylic acids is 1. The quantitative estimate of drug-likeness (QED) is 0.445. The second kappa shape index (κ2) is 10.4. The molecule has 0 atom stereocenters. The van der Waals surface area contributed by atoms with Crippen molar-refractivity contribution in [2.75, 3.05) is 14.1 Å². The molecule has 0 radical (unpaired) electrons. The topological polar surface area (TPSA) is 41.6 Å². The highest BCUT2D eigenvalue weighted by molar-refractivity contribution is 6.31. The summed E-state index contributed by atoms with van der Waals surface area (Å²) in [6.45, 7) is 0. The SMILES string of the molecule is CN(C)C1(Cc2ccccc2Cl)CCC(NC(=O)c2ccccc2Oc2ccccc2)CC1. The number of halogens is 1. The van der Waals surface area contributed by atoms with Gasteiger partial charge in [0.2, 0.25) is 0 Å². The molecule has 4 nitrogen and oxygen atoms in total. The van der Waals surface area contributed by atoms with E-state index in [2.05, 4.69) is 30.4 Å². The zero-order chi connectivity index (χ0) is 23.3. The molecule has 1 aliphatic carbocycles. The summed E-state index contributed by atoms with van der Waals surface area (Å²) in [5, 5.41) is 4.07. The van der Waals surface area contributed by atoms with E-state index in [-0.39, 0.29) is 17.5 Å². The molecule has 4 rings (SSSR count). The van der Waals surface area contributed by atoms with Gasteiger partial charge < -0.3 is 15.0 Å². The summed E-state index contributed by atoms with van der Waals surface area (Å²) >= 11 is 6.46. The molecule has 0 spiro atoms. The first-order valence-corrected chi connectivity index (χ1v) is 11.9. The van der Waals surface area contributed by atoms with Gasteiger partial charge in [0.05, 0.1) is 5.56 Å². The lowest BCUT2D eigenvalue weighted by Crippen LogP contribution is -2.52. The molecular weight excluding hydrogens is 432 g/mol. The minimum absolute atomic E-state index is 0.0422. The van der Waals surface area contributed by atoms with Crippen molar-refractivity contribution in [1.82, 2.24) is 10.2 Å². The molecule has 172 valence electrons. The maximum absolute atomic E-state index is 13.1. The predicted molar refractivity (Wildman–Crippen MR) is 134 cm³/mol. The van der Waals surface area contributed by atoms with Crippen molar-refractivity contribution in [1.29, 1.82) is 0 Å². The lowest BCUT2D eigenvalue weighted by molar-refractivity contribution is 0.0768. The van der Waals surface area contributed by atoms with E-state index in [1.165, 1.54) is 5.56 Å². The molecule has 5 heteroatoms. The van der Waals surface area contributed by atoms with Crippen LogP contribution in [0, 0.1) is 0 Å². The second-order valence-corrected chi connectivity index (χ2v) is 9.45. The molecule has 0 bridgehead atoms. The van der Waals surface area contributed by atoms with Crippen molar-refractivity contribution >= 4 is 17.5 Å². The summed E-state index contributed by atoms with van der Waals surface area (Å²) in [7, 11) is 4.29. The summed E-state index contributed by atoms with van der Waals surface area (Å²) in [5.74, 6) is 1.19. The fraction of sp³-hybridized carbons (Fsp3) is 0.321. The maximum atomic E-state index is 13.1. The van der Waals surface area contributed by atoms with E-state index in [9.17, 15) is 4.79 Å². The minimum atomic E-state index is -0.0880. The van der Waals surface area contributed by atoms with E-state index < -0.39 is 0 Å². The lowest BCUT2D eigenvalue weighted by Gasteiger charge is -2.45. The number of ether oxygens (including phenoxy) is 1. The van der Waals surface area contributed by atoms with Crippen molar-refractivity contribution in [3.63, 3.8) is 0 Å². The van der Waals surface area contributed by atoms with E-state index in [1.54, 1.807) is 0 Å². The Bertz CT molecular complexity index is 1080. The summed E-state index contributed by atoms with van der Waals surface area (Å²) < 4.78 is 5.98. The monoisotopic (exact) mass is 462 g/mol. The Labute approximate surface area is 201 Å². The van der Waals surface area contributed by atoms with Gasteiger partial charge in [-0.3, -0.25) is 4.79 Å². The third-order valence-electron chi connectivity index (χ3n) is 6.78. The standard InChI is InChI=1S/C28H31ClN2O2/c1-31(2)28(20-21-10-6-8-14-25(21)29)18-16-22(17-19-28)30-27(32)24-13-7-9-15-26(24)33-23-11-4-3-5-12-23/h3-15,22H,16-20H2,1-2H3,(H,30,32). The average molecular weight is 463 g/mol. The molecular formula is C28H31ClN2O2. The summed E-state index contributed by atoms with van der Waals surface area (Å²) in [5.41, 5.74) is 1.78. The van der Waals surface area contributed by atoms with Crippen LogP contribution in [-0.4, -0.2) is 36.5 Å². The van der Waals surface area contributed by atoms with Crippen LogP contribution in [0.25, 0.3) is 0 Å². The molecule has 0 unspecified atom stereocenters. The minimum Gasteiger partial charge on any atom is -0.457 e. The highest BCUT2D eigenvalue weighted by atomic mass is 35.5. The van der Waals surface area contributed by atoms with Gasteiger partial charge in [0.15, 0.2) is 0 Å². The molecule has 1 saturated carbocycles. The highest BCUT2D eigenvalue weighted by Crippen LogP contribution is 2.37. The van der Waals surface area contributed by atoms with Gasteiger partial charge in [0.1, 0.15) is 11.5 Å². The van der Waals surface area contributed by atoms with Crippen molar-refractivity contribution in [3.8, 4) is 11.5 Å². The zero-order valence-electron chi connectivity index (χ0n) is 19.3. The van der Waals surface area contributed by atoms with Crippen LogP contribution in [-0.2, 0) is 6.42 Å². The van der Waals surface area contributed by atoms with Gasteiger partial charge >= 0.3 is 0 Å². The molecule has 0 saturated heterocycles. The van der Waals surface area contributed by atoms with E-state index in [0.29, 0.717) is 17.1 Å². The molecule has 0 aromatic heterocycles. The number of amides is 1. The third-order valence-corrected chi connectivity index (χ3v) is 7.15. The molecule has 0 aliphatic heterocycles. The summed E-state index contributed by atoms with van der Waals surface area (Å²) in [4.78, 5) is 15.5. The normalized spacial score (nSPS) is 20.4. The smallest absolute Gasteiger partial charge is 0.255 e. The van der Waals surface area contributed by atoms with Crippen LogP contribution in [0.1, 0.15) is 41.6 Å². The number of hydrogen-bond donors (Lipinski definition) is 1. The number of nitrogens with one attached hydrogen (secondary N) is 1. The summed E-state index contributed by atoms with van der Waals surface area (Å²) in [6.07, 6.45) is 4.76. The first-order chi connectivity index (χ1) is 16.0. The Morgan fingerprint density at radius 2 is 1.61 bits per heavy atom. The van der Waals surface area contributed by atoms with Crippen LogP contribution >= 0.6 is 11.6 Å². The lowest BCUT2D eigenvalue weighted by atomic mass is 9.74. The number of nitrogens with zero attached hydrogens (tertiary/aromatic N) is 1. The van der Waals surface area contributed by atoms with Crippen molar-refractivity contribution in [2.45, 2.75) is 43.7 Å². The Kier molecular flexibility index (Phi) is 7.36. The van der Waals surface area contributed by atoms with Crippen LogP contribution in [0.2, 0.25) is 5.02 Å². The van der Waals surface area contributed by atoms with Gasteiger partial charge in [0, 0.05) is 16.6 Å². The van der Waals surface area contributed by atoms with Crippen molar-refractivity contribution in [3.05, 3.63) is 95.0 Å². The number of para-hydroxylation sites is 2. The largest absolute Gasteiger partial charge is 0.457 e. The van der Waals surface area contributed by atoms with E-state index >= 15 is 0 Å². The van der Waals surface area contributed by atoms with Gasteiger partial charge in [-0.15, -0.1) is 0 Å². The fourth-order valence-corrected chi connectivity index (χ4v) is 4.90. The van der Waals surface area contributed by atoms with Gasteiger partial charge in [-0.05, 0) is 82.1 Å². The first-order valence-electron chi connectivity index (χ1n) is 11.5. The zero-order valence-corrected chi connectivity index (χ0v) is 20.0. The molecule has 1 amide bonds. The third kappa shape index (κ3) is 5.58. The maximum Gasteiger partial charge on any atom is 0.255 e. The molecule has 3 aromatic carbocycles. The van der Waals surface area contributed by atoms with Gasteiger partial charge in [-0.25, -0.2) is 0 Å². The molecule has 1 fully saturated rings. The number of carbonyl (C=O) groups is 1. The fourth-order valence-electron chi connectivity index (χ4n) is 4.70. The number of hydrogen-bond acceptors (Lipinski definition) is 3. The number of likely N-dealkylation sites (N-methyl/N-ethyl adjacent to an activating group) is 1. The van der Waals surface area contributed by atoms with Gasteiger partial charge in [-0.2, -0.15) is 0 Å². The van der Waals surface area contributed by atoms with Crippen LogP contribution in [0.4, 0.5) is 0 Å². The summed E-state index contributed by atoms with van der Waals surface area (Å²) in [6, 6.07) is 25.2. The molecule has 33 heavy (non-hydrogen) atoms. The first kappa shape index (κ1) is 23.3. The second-order valence-electron chi connectivity index (χ2n) is 9.05. The highest BCUT2D eigenvalue weighted by Gasteiger charge is 2.38. The van der Waals surface area contributed by atoms with Crippen molar-refractivity contribution < 1.29 is 9.53 Å². The van der Waals surface area contributed by atoms with Gasteiger partial charge in [-0.1, -0.05) is 60.1 Å².